The molecule has 0 saturated heterocycles. The monoisotopic (exact) mass is 425 g/mol. The molecule has 5 nitrogen and oxygen atoms in total. The lowest BCUT2D eigenvalue weighted by atomic mass is 9.99. The van der Waals surface area contributed by atoms with E-state index in [9.17, 15) is 14.4 Å². The van der Waals surface area contributed by atoms with Crippen LogP contribution in [0.3, 0.4) is 0 Å². The lowest BCUT2D eigenvalue weighted by molar-refractivity contribution is -0.158. The normalized spacial score (nSPS) is 13.5. The van der Waals surface area contributed by atoms with Crippen LogP contribution in [-0.2, 0) is 25.5 Å². The fourth-order valence-corrected chi connectivity index (χ4v) is 3.67. The van der Waals surface area contributed by atoms with Crippen molar-refractivity contribution in [3.8, 4) is 0 Å². The topological polar surface area (TPSA) is 72.5 Å². The van der Waals surface area contributed by atoms with E-state index in [2.05, 4.69) is 5.32 Å². The Kier molecular flexibility index (Phi) is 10.7. The van der Waals surface area contributed by atoms with E-state index in [0.29, 0.717) is 18.6 Å². The zero-order chi connectivity index (χ0) is 21.2. The van der Waals surface area contributed by atoms with Gasteiger partial charge < -0.3 is 10.1 Å². The van der Waals surface area contributed by atoms with Crippen molar-refractivity contribution in [2.45, 2.75) is 52.2 Å². The number of amides is 1. The summed E-state index contributed by atoms with van der Waals surface area (Å²) in [7, 11) is 0. The zero-order valence-electron chi connectivity index (χ0n) is 17.3. The molecule has 0 fully saturated rings. The Morgan fingerprint density at radius 1 is 1.14 bits per heavy atom. The zero-order valence-corrected chi connectivity index (χ0v) is 19.0. The lowest BCUT2D eigenvalue weighted by Crippen LogP contribution is -2.47. The molecule has 0 spiro atoms. The van der Waals surface area contributed by atoms with Crippen molar-refractivity contribution >= 4 is 40.5 Å². The number of hydrogen-bond acceptors (Lipinski definition) is 6. The van der Waals surface area contributed by atoms with Gasteiger partial charge in [-0.15, -0.1) is 0 Å². The Morgan fingerprint density at radius 2 is 1.79 bits per heavy atom. The molecule has 0 aromatic heterocycles. The molecule has 1 aromatic rings. The quantitative estimate of drug-likeness (QED) is 0.576. The van der Waals surface area contributed by atoms with Crippen molar-refractivity contribution in [3.63, 3.8) is 0 Å². The first-order valence-corrected chi connectivity index (χ1v) is 11.7. The highest BCUT2D eigenvalue weighted by molar-refractivity contribution is 8.13. The van der Waals surface area contributed by atoms with Crippen LogP contribution in [0.1, 0.15) is 39.7 Å². The van der Waals surface area contributed by atoms with Crippen LogP contribution >= 0.6 is 23.5 Å². The molecule has 0 bridgehead atoms. The van der Waals surface area contributed by atoms with E-state index < -0.39 is 23.5 Å². The third-order valence-corrected chi connectivity index (χ3v) is 5.42. The van der Waals surface area contributed by atoms with Crippen LogP contribution in [0.2, 0.25) is 0 Å². The third kappa shape index (κ3) is 10.2. The van der Waals surface area contributed by atoms with Crippen molar-refractivity contribution in [1.29, 1.82) is 0 Å². The number of carbonyl (C=O) groups is 3. The minimum absolute atomic E-state index is 0.0306. The first kappa shape index (κ1) is 24.6. The number of hydrogen-bond donors (Lipinski definition) is 1. The Bertz CT molecular complexity index is 644. The van der Waals surface area contributed by atoms with Crippen LogP contribution in [0.5, 0.6) is 0 Å². The smallest absolute Gasteiger partial charge is 0.329 e. The van der Waals surface area contributed by atoms with Crippen LogP contribution in [0.4, 0.5) is 0 Å². The third-order valence-electron chi connectivity index (χ3n) is 3.80. The van der Waals surface area contributed by atoms with E-state index in [0.717, 1.165) is 23.1 Å². The molecule has 1 amide bonds. The minimum Gasteiger partial charge on any atom is -0.458 e. The molecule has 7 heteroatoms. The standard InChI is InChI=1S/C21H31NO4S2/c1-15(23)28-14-17(13-16-9-7-6-8-10-16)19(24)22-18(11-12-27-5)20(25)26-21(2,3)4/h6-10,17-18H,11-14H2,1-5H3,(H,22,24)/t17?,18-/m1/s1. The highest BCUT2D eigenvalue weighted by atomic mass is 32.2. The molecule has 0 radical (unpaired) electrons. The van der Waals surface area contributed by atoms with Gasteiger partial charge in [0.1, 0.15) is 11.6 Å². The predicted molar refractivity (Wildman–Crippen MR) is 118 cm³/mol. The van der Waals surface area contributed by atoms with E-state index >= 15 is 0 Å². The summed E-state index contributed by atoms with van der Waals surface area (Å²) in [5, 5.41) is 2.84. The maximum Gasteiger partial charge on any atom is 0.329 e. The van der Waals surface area contributed by atoms with E-state index in [-0.39, 0.29) is 11.0 Å². The van der Waals surface area contributed by atoms with Crippen molar-refractivity contribution < 1.29 is 19.1 Å². The summed E-state index contributed by atoms with van der Waals surface area (Å²) in [5.41, 5.74) is 0.401. The number of benzene rings is 1. The molecule has 0 aliphatic carbocycles. The molecule has 0 saturated carbocycles. The fourth-order valence-electron chi connectivity index (χ4n) is 2.49. The average Bonchev–Trinajstić information content (AvgIpc) is 2.61. The molecule has 0 aliphatic heterocycles. The Labute approximate surface area is 176 Å². The van der Waals surface area contributed by atoms with Crippen molar-refractivity contribution in [3.05, 3.63) is 35.9 Å². The van der Waals surface area contributed by atoms with Gasteiger partial charge in [0, 0.05) is 12.7 Å². The number of thioether (sulfide) groups is 2. The van der Waals surface area contributed by atoms with Crippen LogP contribution in [-0.4, -0.2) is 46.4 Å². The average molecular weight is 426 g/mol. The Balaban J connectivity index is 2.89. The van der Waals surface area contributed by atoms with Gasteiger partial charge in [-0.25, -0.2) is 4.79 Å². The summed E-state index contributed by atoms with van der Waals surface area (Å²) < 4.78 is 5.47. The van der Waals surface area contributed by atoms with Gasteiger partial charge in [0.25, 0.3) is 0 Å². The molecule has 0 aliphatic rings. The molecule has 0 heterocycles. The minimum atomic E-state index is -0.695. The Hall–Kier alpha value is -1.47. The second-order valence-electron chi connectivity index (χ2n) is 7.57. The van der Waals surface area contributed by atoms with E-state index in [4.69, 9.17) is 4.74 Å². The van der Waals surface area contributed by atoms with Crippen molar-refractivity contribution in [2.24, 2.45) is 5.92 Å². The number of esters is 1. The van der Waals surface area contributed by atoms with Crippen LogP contribution < -0.4 is 5.32 Å². The van der Waals surface area contributed by atoms with Gasteiger partial charge in [0.05, 0.1) is 5.92 Å². The van der Waals surface area contributed by atoms with Crippen LogP contribution in [0.15, 0.2) is 30.3 Å². The largest absolute Gasteiger partial charge is 0.458 e. The lowest BCUT2D eigenvalue weighted by Gasteiger charge is -2.26. The van der Waals surface area contributed by atoms with E-state index in [1.165, 1.54) is 6.92 Å². The molecule has 1 N–H and O–H groups in total. The van der Waals surface area contributed by atoms with Crippen LogP contribution in [0.25, 0.3) is 0 Å². The van der Waals surface area contributed by atoms with Gasteiger partial charge in [0.15, 0.2) is 5.12 Å². The van der Waals surface area contributed by atoms with Gasteiger partial charge in [-0.1, -0.05) is 42.1 Å². The molecule has 1 aromatic carbocycles. The van der Waals surface area contributed by atoms with Gasteiger partial charge in [0.2, 0.25) is 5.91 Å². The number of carbonyl (C=O) groups excluding carboxylic acids is 3. The van der Waals surface area contributed by atoms with E-state index in [1.54, 1.807) is 32.5 Å². The predicted octanol–water partition coefficient (Wildman–Crippen LogP) is 3.70. The maximum absolute atomic E-state index is 13.0. The first-order valence-electron chi connectivity index (χ1n) is 9.32. The number of ether oxygens (including phenoxy) is 1. The number of rotatable bonds is 10. The molecular weight excluding hydrogens is 394 g/mol. The van der Waals surface area contributed by atoms with Crippen molar-refractivity contribution in [1.82, 2.24) is 5.32 Å². The fraction of sp³-hybridized carbons (Fsp3) is 0.571. The highest BCUT2D eigenvalue weighted by Crippen LogP contribution is 2.17. The van der Waals surface area contributed by atoms with Crippen molar-refractivity contribution in [2.75, 3.05) is 17.8 Å². The van der Waals surface area contributed by atoms with Gasteiger partial charge in [-0.3, -0.25) is 9.59 Å². The van der Waals surface area contributed by atoms with Crippen LogP contribution in [0, 0.1) is 5.92 Å². The first-order chi connectivity index (χ1) is 13.1. The summed E-state index contributed by atoms with van der Waals surface area (Å²) >= 11 is 2.74. The van der Waals surface area contributed by atoms with E-state index in [1.807, 2.05) is 36.6 Å². The molecule has 156 valence electrons. The summed E-state index contributed by atoms with van der Waals surface area (Å²) in [6.45, 7) is 6.91. The van der Waals surface area contributed by atoms with Gasteiger partial charge >= 0.3 is 5.97 Å². The summed E-state index contributed by atoms with van der Waals surface area (Å²) in [6.07, 6.45) is 2.96. The highest BCUT2D eigenvalue weighted by Gasteiger charge is 2.29. The Morgan fingerprint density at radius 3 is 2.32 bits per heavy atom. The molecule has 2 atom stereocenters. The van der Waals surface area contributed by atoms with Gasteiger partial charge in [-0.05, 0) is 51.2 Å². The molecular formula is C21H31NO4S2. The molecule has 1 rings (SSSR count). The summed E-state index contributed by atoms with van der Waals surface area (Å²) in [6, 6.07) is 8.98. The number of nitrogens with one attached hydrogen (secondary N) is 1. The summed E-state index contributed by atoms with van der Waals surface area (Å²) in [4.78, 5) is 36.9. The summed E-state index contributed by atoms with van der Waals surface area (Å²) in [5.74, 6) is 0.0488. The molecule has 28 heavy (non-hydrogen) atoms. The second-order valence-corrected chi connectivity index (χ2v) is 9.75. The molecule has 1 unspecified atom stereocenters. The van der Waals surface area contributed by atoms with Gasteiger partial charge in [-0.2, -0.15) is 11.8 Å². The second kappa shape index (κ2) is 12.2. The maximum atomic E-state index is 13.0. The SMILES string of the molecule is CSCC[C@@H](NC(=O)C(CSC(C)=O)Cc1ccccc1)C(=O)OC(C)(C)C.